The molecule has 0 unspecified atom stereocenters. The lowest BCUT2D eigenvalue weighted by Gasteiger charge is -2.30. The monoisotopic (exact) mass is 387 g/mol. The molecule has 0 radical (unpaired) electrons. The number of hydrogen-bond acceptors (Lipinski definition) is 5. The van der Waals surface area contributed by atoms with E-state index in [-0.39, 0.29) is 24.8 Å². The van der Waals surface area contributed by atoms with Gasteiger partial charge in [-0.05, 0) is 24.1 Å². The van der Waals surface area contributed by atoms with E-state index >= 15 is 0 Å². The number of benzene rings is 2. The van der Waals surface area contributed by atoms with Crippen molar-refractivity contribution in [3.05, 3.63) is 60.2 Å². The van der Waals surface area contributed by atoms with E-state index in [9.17, 15) is 13.2 Å². The van der Waals surface area contributed by atoms with Crippen LogP contribution in [0, 0.1) is 0 Å². The Morgan fingerprint density at radius 3 is 2.44 bits per heavy atom. The number of amides is 1. The molecule has 2 atom stereocenters. The average molecular weight is 387 g/mol. The molecule has 27 heavy (non-hydrogen) atoms. The van der Waals surface area contributed by atoms with Crippen LogP contribution in [0.1, 0.15) is 17.2 Å². The Morgan fingerprint density at radius 2 is 1.67 bits per heavy atom. The van der Waals surface area contributed by atoms with Crippen molar-refractivity contribution in [1.29, 1.82) is 0 Å². The fourth-order valence-electron chi connectivity index (χ4n) is 3.55. The van der Waals surface area contributed by atoms with E-state index in [1.807, 2.05) is 42.5 Å². The zero-order chi connectivity index (χ0) is 18.9. The molecule has 0 aliphatic carbocycles. The number of rotatable bonds is 2. The first-order valence-corrected chi connectivity index (χ1v) is 10.7. The predicted octanol–water partition coefficient (Wildman–Crippen LogP) is 2.21. The number of fused-ring (bicyclic) bond motifs is 1. The third-order valence-electron chi connectivity index (χ3n) is 5.01. The lowest BCUT2D eigenvalue weighted by Crippen LogP contribution is -2.47. The molecule has 6 nitrogen and oxygen atoms in total. The van der Waals surface area contributed by atoms with Crippen LogP contribution in [0.25, 0.3) is 0 Å². The first-order chi connectivity index (χ1) is 13.0. The number of para-hydroxylation sites is 2. The van der Waals surface area contributed by atoms with Crippen LogP contribution in [0.3, 0.4) is 0 Å². The van der Waals surface area contributed by atoms with E-state index in [1.54, 1.807) is 17.0 Å². The van der Waals surface area contributed by atoms with Crippen molar-refractivity contribution >= 4 is 15.7 Å². The number of sulfone groups is 1. The van der Waals surface area contributed by atoms with Crippen LogP contribution >= 0.6 is 0 Å². The van der Waals surface area contributed by atoms with Crippen LogP contribution in [-0.2, 0) is 14.6 Å². The van der Waals surface area contributed by atoms with Crippen LogP contribution in [0.15, 0.2) is 54.6 Å². The maximum atomic E-state index is 12.9. The Morgan fingerprint density at radius 1 is 0.963 bits per heavy atom. The second-order valence-corrected chi connectivity index (χ2v) is 9.05. The Labute approximate surface area is 158 Å². The summed E-state index contributed by atoms with van der Waals surface area (Å²) in [6.07, 6.45) is -0.377. The van der Waals surface area contributed by atoms with Gasteiger partial charge in [-0.3, -0.25) is 4.79 Å². The molecule has 142 valence electrons. The van der Waals surface area contributed by atoms with Gasteiger partial charge in [-0.15, -0.1) is 0 Å². The summed E-state index contributed by atoms with van der Waals surface area (Å²) in [5, 5.41) is -0.583. The molecule has 4 rings (SSSR count). The van der Waals surface area contributed by atoms with Gasteiger partial charge in [-0.25, -0.2) is 8.42 Å². The zero-order valence-corrected chi connectivity index (χ0v) is 15.6. The van der Waals surface area contributed by atoms with E-state index in [4.69, 9.17) is 9.47 Å². The molecule has 0 N–H and O–H groups in total. The van der Waals surface area contributed by atoms with Crippen molar-refractivity contribution in [2.24, 2.45) is 0 Å². The van der Waals surface area contributed by atoms with E-state index < -0.39 is 21.2 Å². The summed E-state index contributed by atoms with van der Waals surface area (Å²) in [4.78, 5) is 14.5. The van der Waals surface area contributed by atoms with E-state index in [0.29, 0.717) is 24.5 Å². The van der Waals surface area contributed by atoms with Gasteiger partial charge in [0.1, 0.15) is 6.61 Å². The maximum Gasteiger partial charge on any atom is 0.267 e. The number of ether oxygens (including phenoxy) is 2. The van der Waals surface area contributed by atoms with Gasteiger partial charge >= 0.3 is 0 Å². The molecule has 2 heterocycles. The van der Waals surface area contributed by atoms with Gasteiger partial charge < -0.3 is 14.4 Å². The van der Waals surface area contributed by atoms with Gasteiger partial charge in [0, 0.05) is 13.1 Å². The van der Waals surface area contributed by atoms with Crippen molar-refractivity contribution in [2.75, 3.05) is 25.4 Å². The molecule has 7 heteroatoms. The smallest absolute Gasteiger partial charge is 0.267 e. The van der Waals surface area contributed by atoms with Gasteiger partial charge in [0.2, 0.25) is 6.10 Å². The number of carbonyl (C=O) groups excluding carboxylic acids is 1. The molecular weight excluding hydrogens is 366 g/mol. The molecule has 1 saturated heterocycles. The van der Waals surface area contributed by atoms with Crippen molar-refractivity contribution in [2.45, 2.75) is 17.8 Å². The minimum atomic E-state index is -3.32. The van der Waals surface area contributed by atoms with Crippen LogP contribution in [-0.4, -0.2) is 50.8 Å². The summed E-state index contributed by atoms with van der Waals surface area (Å²) in [5.74, 6) is 0.867. The van der Waals surface area contributed by atoms with Gasteiger partial charge in [0.25, 0.3) is 5.91 Å². The SMILES string of the molecule is O=C([C@H]1COc2ccccc2O1)N1CC[C@H](c2ccccc2)S(=O)(=O)CC1. The third kappa shape index (κ3) is 3.64. The van der Waals surface area contributed by atoms with E-state index in [2.05, 4.69) is 0 Å². The van der Waals surface area contributed by atoms with E-state index in [1.165, 1.54) is 0 Å². The molecule has 1 fully saturated rings. The first kappa shape index (κ1) is 17.9. The largest absolute Gasteiger partial charge is 0.485 e. The lowest BCUT2D eigenvalue weighted by atomic mass is 10.1. The Balaban J connectivity index is 1.49. The van der Waals surface area contributed by atoms with Gasteiger partial charge in [0.15, 0.2) is 21.3 Å². The fourth-order valence-corrected chi connectivity index (χ4v) is 5.35. The van der Waals surface area contributed by atoms with Crippen LogP contribution in [0.2, 0.25) is 0 Å². The topological polar surface area (TPSA) is 72.9 Å². The fraction of sp³-hybridized carbons (Fsp3) is 0.350. The highest BCUT2D eigenvalue weighted by Gasteiger charge is 2.36. The van der Waals surface area contributed by atoms with Crippen LogP contribution < -0.4 is 9.47 Å². The molecule has 1 amide bonds. The van der Waals surface area contributed by atoms with Crippen molar-refractivity contribution in [3.63, 3.8) is 0 Å². The second-order valence-electron chi connectivity index (χ2n) is 6.74. The number of nitrogens with zero attached hydrogens (tertiary/aromatic N) is 1. The van der Waals surface area contributed by atoms with Crippen LogP contribution in [0.5, 0.6) is 11.5 Å². The summed E-state index contributed by atoms with van der Waals surface area (Å²) in [6.45, 7) is 0.673. The third-order valence-corrected chi connectivity index (χ3v) is 7.13. The Kier molecular flexibility index (Phi) is 4.78. The highest BCUT2D eigenvalue weighted by molar-refractivity contribution is 7.91. The highest BCUT2D eigenvalue weighted by atomic mass is 32.2. The minimum absolute atomic E-state index is 0.0531. The molecule has 2 aliphatic heterocycles. The number of hydrogen-bond donors (Lipinski definition) is 0. The summed E-state index contributed by atoms with van der Waals surface area (Å²) < 4.78 is 36.8. The standard InChI is InChI=1S/C20H21NO5S/c22-20(18-14-25-16-8-4-5-9-17(16)26-18)21-11-10-19(27(23,24)13-12-21)15-6-2-1-3-7-15/h1-9,18-19H,10-14H2/t18-,19-/m1/s1. The van der Waals surface area contributed by atoms with Crippen molar-refractivity contribution in [3.8, 4) is 11.5 Å². The zero-order valence-electron chi connectivity index (χ0n) is 14.8. The quantitative estimate of drug-likeness (QED) is 0.790. The minimum Gasteiger partial charge on any atom is -0.485 e. The molecule has 2 aromatic carbocycles. The van der Waals surface area contributed by atoms with Crippen molar-refractivity contribution in [1.82, 2.24) is 4.90 Å². The summed E-state index contributed by atoms with van der Waals surface area (Å²) in [5.41, 5.74) is 0.776. The van der Waals surface area contributed by atoms with Gasteiger partial charge in [0.05, 0.1) is 11.0 Å². The molecule has 2 aromatic rings. The Hall–Kier alpha value is -2.54. The normalized spacial score (nSPS) is 24.1. The highest BCUT2D eigenvalue weighted by Crippen LogP contribution is 2.32. The van der Waals surface area contributed by atoms with Crippen molar-refractivity contribution < 1.29 is 22.7 Å². The van der Waals surface area contributed by atoms with Crippen LogP contribution in [0.4, 0.5) is 0 Å². The second kappa shape index (κ2) is 7.23. The molecule has 0 bridgehead atoms. The average Bonchev–Trinajstić information content (AvgIpc) is 2.85. The molecular formula is C20H21NO5S. The molecule has 0 spiro atoms. The maximum absolute atomic E-state index is 12.9. The molecule has 0 aromatic heterocycles. The predicted molar refractivity (Wildman–Crippen MR) is 101 cm³/mol. The first-order valence-electron chi connectivity index (χ1n) is 8.98. The van der Waals surface area contributed by atoms with Gasteiger partial charge in [-0.1, -0.05) is 42.5 Å². The summed E-state index contributed by atoms with van der Waals surface area (Å²) in [6, 6.07) is 16.4. The number of carbonyl (C=O) groups is 1. The summed E-state index contributed by atoms with van der Waals surface area (Å²) in [7, 11) is -3.32. The van der Waals surface area contributed by atoms with Gasteiger partial charge in [-0.2, -0.15) is 0 Å². The molecule has 2 aliphatic rings. The molecule has 0 saturated carbocycles. The summed E-state index contributed by atoms with van der Waals surface area (Å²) >= 11 is 0. The lowest BCUT2D eigenvalue weighted by molar-refractivity contribution is -0.140. The Bertz CT molecular complexity index is 928. The van der Waals surface area contributed by atoms with E-state index in [0.717, 1.165) is 5.56 Å².